The summed E-state index contributed by atoms with van der Waals surface area (Å²) in [4.78, 5) is 35.0. The molecule has 4 aromatic rings. The second-order valence-corrected chi connectivity index (χ2v) is 10.3. The van der Waals surface area contributed by atoms with Gasteiger partial charge in [-0.05, 0) is 54.8 Å². The number of rotatable bonds is 6. The lowest BCUT2D eigenvalue weighted by atomic mass is 10.1. The first-order valence-corrected chi connectivity index (χ1v) is 13.9. The van der Waals surface area contributed by atoms with Gasteiger partial charge < -0.3 is 10.1 Å². The molecule has 222 valence electrons. The standard InChI is InChI=1S/C30H22F3N7O3S/c1-18-4-3-5-19(2)26(18)40-25(41)16-44-29(40)37-28(42)35-15-22(14-34)20-6-8-21(9-7-20)27-36-17-39(38-27)23-10-12-24(13-11-23)43-30(31,32)33/h3-13,15,17H,16H2,1-2H3,(H,35,42)/b22-15+,37-29?. The fraction of sp³-hybridized carbons (Fsp3) is 0.133. The van der Waals surface area contributed by atoms with E-state index < -0.39 is 12.4 Å². The molecular weight excluding hydrogens is 595 g/mol. The minimum absolute atomic E-state index is 0.155. The molecule has 0 atom stereocenters. The molecule has 1 aliphatic heterocycles. The van der Waals surface area contributed by atoms with Gasteiger partial charge in [-0.25, -0.2) is 14.5 Å². The number of carbonyl (C=O) groups is 2. The number of carbonyl (C=O) groups excluding carboxylic acids is 2. The Morgan fingerprint density at radius 2 is 1.77 bits per heavy atom. The Kier molecular flexibility index (Phi) is 8.50. The van der Waals surface area contributed by atoms with Gasteiger partial charge in [-0.2, -0.15) is 10.3 Å². The normalized spacial score (nSPS) is 14.5. The molecule has 14 heteroatoms. The molecule has 1 fully saturated rings. The number of allylic oxidation sites excluding steroid dienone is 1. The molecule has 1 N–H and O–H groups in total. The molecule has 1 saturated heterocycles. The molecule has 5 rings (SSSR count). The zero-order chi connectivity index (χ0) is 31.4. The van der Waals surface area contributed by atoms with E-state index in [1.165, 1.54) is 46.4 Å². The average Bonchev–Trinajstić information content (AvgIpc) is 3.61. The summed E-state index contributed by atoms with van der Waals surface area (Å²) < 4.78 is 42.5. The molecule has 0 bridgehead atoms. The number of thioether (sulfide) groups is 1. The van der Waals surface area contributed by atoms with Crippen LogP contribution in [0.2, 0.25) is 0 Å². The number of alkyl halides is 3. The Morgan fingerprint density at radius 3 is 2.41 bits per heavy atom. The van der Waals surface area contributed by atoms with Gasteiger partial charge in [-0.3, -0.25) is 9.69 Å². The van der Waals surface area contributed by atoms with E-state index in [2.05, 4.69) is 25.1 Å². The first-order chi connectivity index (χ1) is 21.0. The highest BCUT2D eigenvalue weighted by molar-refractivity contribution is 8.15. The summed E-state index contributed by atoms with van der Waals surface area (Å²) in [5, 5.41) is 16.8. The third kappa shape index (κ3) is 6.79. The van der Waals surface area contributed by atoms with Crippen LogP contribution in [0, 0.1) is 25.2 Å². The van der Waals surface area contributed by atoms with Crippen LogP contribution >= 0.6 is 11.8 Å². The van der Waals surface area contributed by atoms with Gasteiger partial charge in [-0.15, -0.1) is 18.3 Å². The number of aromatic nitrogens is 3. The first-order valence-electron chi connectivity index (χ1n) is 12.9. The maximum absolute atomic E-state index is 12.7. The van der Waals surface area contributed by atoms with Gasteiger partial charge in [0.2, 0.25) is 5.91 Å². The van der Waals surface area contributed by atoms with Crippen molar-refractivity contribution >= 4 is 40.1 Å². The van der Waals surface area contributed by atoms with Gasteiger partial charge >= 0.3 is 12.4 Å². The van der Waals surface area contributed by atoms with Crippen molar-refractivity contribution in [3.05, 3.63) is 95.9 Å². The number of amidine groups is 1. The number of nitriles is 1. The zero-order valence-corrected chi connectivity index (χ0v) is 24.0. The molecule has 10 nitrogen and oxygen atoms in total. The summed E-state index contributed by atoms with van der Waals surface area (Å²) in [5.41, 5.74) is 4.20. The number of urea groups is 1. The van der Waals surface area contributed by atoms with Crippen molar-refractivity contribution in [3.63, 3.8) is 0 Å². The molecular formula is C30H22F3N7O3S. The number of hydrogen-bond acceptors (Lipinski definition) is 7. The van der Waals surface area contributed by atoms with Crippen LogP contribution in [-0.4, -0.2) is 44.0 Å². The number of ether oxygens (including phenoxy) is 1. The third-order valence-electron chi connectivity index (χ3n) is 6.37. The molecule has 2 heterocycles. The molecule has 0 aliphatic carbocycles. The number of benzene rings is 3. The number of halogens is 3. The summed E-state index contributed by atoms with van der Waals surface area (Å²) in [7, 11) is 0. The Balaban J connectivity index is 1.27. The van der Waals surface area contributed by atoms with Crippen LogP contribution in [0.4, 0.5) is 23.7 Å². The van der Waals surface area contributed by atoms with Crippen LogP contribution < -0.4 is 15.0 Å². The number of aryl methyl sites for hydroxylation is 2. The lowest BCUT2D eigenvalue weighted by Crippen LogP contribution is -2.32. The van der Waals surface area contributed by atoms with Gasteiger partial charge in [-0.1, -0.05) is 54.2 Å². The fourth-order valence-corrected chi connectivity index (χ4v) is 5.23. The van der Waals surface area contributed by atoms with Crippen molar-refractivity contribution in [2.75, 3.05) is 10.7 Å². The van der Waals surface area contributed by atoms with E-state index in [0.29, 0.717) is 28.3 Å². The number of anilines is 1. The lowest BCUT2D eigenvalue weighted by Gasteiger charge is -2.20. The Bertz CT molecular complexity index is 1810. The molecule has 0 saturated carbocycles. The first kappa shape index (κ1) is 30.1. The Morgan fingerprint density at radius 1 is 1.09 bits per heavy atom. The largest absolute Gasteiger partial charge is 0.573 e. The average molecular weight is 618 g/mol. The lowest BCUT2D eigenvalue weighted by molar-refractivity contribution is -0.274. The van der Waals surface area contributed by atoms with Crippen LogP contribution in [-0.2, 0) is 4.79 Å². The van der Waals surface area contributed by atoms with E-state index in [9.17, 15) is 28.0 Å². The van der Waals surface area contributed by atoms with Crippen LogP contribution in [0.3, 0.4) is 0 Å². The monoisotopic (exact) mass is 617 g/mol. The van der Waals surface area contributed by atoms with Crippen molar-refractivity contribution in [1.82, 2.24) is 20.1 Å². The number of amides is 3. The fourth-order valence-electron chi connectivity index (χ4n) is 4.38. The van der Waals surface area contributed by atoms with Crippen molar-refractivity contribution in [2.45, 2.75) is 20.2 Å². The van der Waals surface area contributed by atoms with Gasteiger partial charge in [0.05, 0.1) is 22.7 Å². The van der Waals surface area contributed by atoms with Crippen LogP contribution in [0.1, 0.15) is 16.7 Å². The van der Waals surface area contributed by atoms with Crippen LogP contribution in [0.25, 0.3) is 22.6 Å². The SMILES string of the molecule is Cc1cccc(C)c1N1C(=O)CSC1=NC(=O)N/C=C(\C#N)c1ccc(-c2ncn(-c3ccc(OC(F)(F)F)cc3)n2)cc1. The quantitative estimate of drug-likeness (QED) is 0.257. The highest BCUT2D eigenvalue weighted by Crippen LogP contribution is 2.32. The van der Waals surface area contributed by atoms with E-state index in [1.54, 1.807) is 24.3 Å². The van der Waals surface area contributed by atoms with Crippen molar-refractivity contribution in [2.24, 2.45) is 4.99 Å². The summed E-state index contributed by atoms with van der Waals surface area (Å²) in [6, 6.07) is 18.8. The van der Waals surface area contributed by atoms with Crippen LogP contribution in [0.15, 0.2) is 84.2 Å². The summed E-state index contributed by atoms with van der Waals surface area (Å²) in [6.45, 7) is 3.76. The molecule has 1 aliphatic rings. The minimum Gasteiger partial charge on any atom is -0.406 e. The van der Waals surface area contributed by atoms with Crippen LogP contribution in [0.5, 0.6) is 5.75 Å². The van der Waals surface area contributed by atoms with Gasteiger partial charge in [0, 0.05) is 11.8 Å². The molecule has 3 aromatic carbocycles. The topological polar surface area (TPSA) is 126 Å². The minimum atomic E-state index is -4.78. The smallest absolute Gasteiger partial charge is 0.406 e. The van der Waals surface area contributed by atoms with E-state index in [1.807, 2.05) is 38.1 Å². The number of hydrogen-bond donors (Lipinski definition) is 1. The molecule has 0 unspecified atom stereocenters. The number of para-hydroxylation sites is 1. The summed E-state index contributed by atoms with van der Waals surface area (Å²) >= 11 is 1.16. The predicted octanol–water partition coefficient (Wildman–Crippen LogP) is 6.16. The van der Waals surface area contributed by atoms with Gasteiger partial charge in [0.1, 0.15) is 18.1 Å². The van der Waals surface area contributed by atoms with Crippen molar-refractivity contribution < 1.29 is 27.5 Å². The summed E-state index contributed by atoms with van der Waals surface area (Å²) in [6.07, 6.45) is -2.13. The van der Waals surface area contributed by atoms with Gasteiger partial charge in [0.15, 0.2) is 11.0 Å². The maximum atomic E-state index is 12.7. The molecule has 0 radical (unpaired) electrons. The van der Waals surface area contributed by atoms with E-state index >= 15 is 0 Å². The van der Waals surface area contributed by atoms with E-state index in [4.69, 9.17) is 0 Å². The third-order valence-corrected chi connectivity index (χ3v) is 7.29. The zero-order valence-electron chi connectivity index (χ0n) is 23.2. The second kappa shape index (κ2) is 12.4. The van der Waals surface area contributed by atoms with E-state index in [-0.39, 0.29) is 28.2 Å². The number of nitrogens with one attached hydrogen (secondary N) is 1. The Hall–Kier alpha value is -5.42. The number of aliphatic imine (C=N–C) groups is 1. The molecule has 3 amide bonds. The highest BCUT2D eigenvalue weighted by Gasteiger charge is 2.32. The Labute approximate surface area is 253 Å². The number of nitrogens with zero attached hydrogens (tertiary/aromatic N) is 6. The molecule has 44 heavy (non-hydrogen) atoms. The van der Waals surface area contributed by atoms with Gasteiger partial charge in [0.25, 0.3) is 0 Å². The van der Waals surface area contributed by atoms with Crippen molar-refractivity contribution in [3.8, 4) is 28.9 Å². The highest BCUT2D eigenvalue weighted by atomic mass is 32.2. The maximum Gasteiger partial charge on any atom is 0.573 e. The van der Waals surface area contributed by atoms with E-state index in [0.717, 1.165) is 22.9 Å². The predicted molar refractivity (Wildman–Crippen MR) is 159 cm³/mol. The second-order valence-electron chi connectivity index (χ2n) is 9.40. The molecule has 1 aromatic heterocycles. The summed E-state index contributed by atoms with van der Waals surface area (Å²) in [5.74, 6) is -0.0353. The van der Waals surface area contributed by atoms with Crippen molar-refractivity contribution in [1.29, 1.82) is 5.26 Å². The molecule has 0 spiro atoms.